The fourth-order valence-corrected chi connectivity index (χ4v) is 3.07. The van der Waals surface area contributed by atoms with Crippen LogP contribution in [0.5, 0.6) is 0 Å². The standard InChI is InChI=1S/C17H24N4OS/c23-17(19-7-8-21-9-11-22-12-10-21)18-6-5-14-13-20-16-4-2-1-3-15(14)16/h1-4,13,20H,5-12H2,(H2,18,19,23). The van der Waals surface area contributed by atoms with E-state index in [1.165, 1.54) is 16.5 Å². The van der Waals surface area contributed by atoms with Crippen LogP contribution in [0.2, 0.25) is 0 Å². The first-order valence-electron chi connectivity index (χ1n) is 8.20. The van der Waals surface area contributed by atoms with E-state index in [0.29, 0.717) is 0 Å². The normalized spacial score (nSPS) is 15.7. The van der Waals surface area contributed by atoms with Gasteiger partial charge in [0.05, 0.1) is 13.2 Å². The van der Waals surface area contributed by atoms with Gasteiger partial charge in [-0.1, -0.05) is 18.2 Å². The SMILES string of the molecule is S=C(NCCc1c[nH]c2ccccc12)NCCN1CCOCC1. The number of nitrogens with one attached hydrogen (secondary N) is 3. The van der Waals surface area contributed by atoms with Crippen LogP contribution in [-0.2, 0) is 11.2 Å². The molecule has 23 heavy (non-hydrogen) atoms. The zero-order valence-electron chi connectivity index (χ0n) is 13.3. The van der Waals surface area contributed by atoms with Gasteiger partial charge < -0.3 is 20.4 Å². The van der Waals surface area contributed by atoms with Crippen molar-refractivity contribution >= 4 is 28.2 Å². The Labute approximate surface area is 142 Å². The van der Waals surface area contributed by atoms with Gasteiger partial charge in [0.2, 0.25) is 0 Å². The van der Waals surface area contributed by atoms with E-state index in [9.17, 15) is 0 Å². The van der Waals surface area contributed by atoms with Crippen LogP contribution in [0.3, 0.4) is 0 Å². The quantitative estimate of drug-likeness (QED) is 0.700. The summed E-state index contributed by atoms with van der Waals surface area (Å²) in [5.41, 5.74) is 2.51. The molecule has 0 spiro atoms. The molecule has 6 heteroatoms. The summed E-state index contributed by atoms with van der Waals surface area (Å²) in [5.74, 6) is 0. The summed E-state index contributed by atoms with van der Waals surface area (Å²) < 4.78 is 5.34. The molecule has 3 N–H and O–H groups in total. The lowest BCUT2D eigenvalue weighted by molar-refractivity contribution is 0.0389. The first kappa shape index (κ1) is 16.2. The largest absolute Gasteiger partial charge is 0.379 e. The Morgan fingerprint density at radius 1 is 1.17 bits per heavy atom. The van der Waals surface area contributed by atoms with E-state index in [-0.39, 0.29) is 0 Å². The van der Waals surface area contributed by atoms with Gasteiger partial charge in [-0.15, -0.1) is 0 Å². The van der Waals surface area contributed by atoms with Gasteiger partial charge in [0.1, 0.15) is 0 Å². The molecule has 1 aliphatic heterocycles. The Hall–Kier alpha value is -1.63. The van der Waals surface area contributed by atoms with Crippen LogP contribution < -0.4 is 10.6 Å². The highest BCUT2D eigenvalue weighted by Gasteiger charge is 2.09. The minimum absolute atomic E-state index is 0.734. The van der Waals surface area contributed by atoms with E-state index in [1.54, 1.807) is 0 Å². The maximum atomic E-state index is 5.34. The van der Waals surface area contributed by atoms with Crippen molar-refractivity contribution in [3.8, 4) is 0 Å². The number of rotatable bonds is 6. The molecule has 1 aromatic carbocycles. The summed E-state index contributed by atoms with van der Waals surface area (Å²) >= 11 is 5.34. The van der Waals surface area contributed by atoms with Crippen molar-refractivity contribution in [1.82, 2.24) is 20.5 Å². The molecule has 0 saturated carbocycles. The number of aromatic amines is 1. The lowest BCUT2D eigenvalue weighted by Gasteiger charge is -2.26. The highest BCUT2D eigenvalue weighted by atomic mass is 32.1. The van der Waals surface area contributed by atoms with Gasteiger partial charge in [0.25, 0.3) is 0 Å². The van der Waals surface area contributed by atoms with E-state index >= 15 is 0 Å². The second-order valence-electron chi connectivity index (χ2n) is 5.75. The van der Waals surface area contributed by atoms with Crippen molar-refractivity contribution in [3.05, 3.63) is 36.0 Å². The molecule has 1 saturated heterocycles. The molecule has 0 aliphatic carbocycles. The van der Waals surface area contributed by atoms with Crippen LogP contribution in [-0.4, -0.2) is 60.9 Å². The molecule has 2 heterocycles. The molecule has 5 nitrogen and oxygen atoms in total. The minimum atomic E-state index is 0.734. The molecule has 124 valence electrons. The predicted octanol–water partition coefficient (Wildman–Crippen LogP) is 1.51. The molecule has 2 aromatic rings. The van der Waals surface area contributed by atoms with Crippen molar-refractivity contribution in [2.75, 3.05) is 45.9 Å². The summed E-state index contributed by atoms with van der Waals surface area (Å²) in [7, 11) is 0. The third-order valence-corrected chi connectivity index (χ3v) is 4.46. The summed E-state index contributed by atoms with van der Waals surface area (Å²) in [6, 6.07) is 8.38. The average Bonchev–Trinajstić information content (AvgIpc) is 2.99. The lowest BCUT2D eigenvalue weighted by Crippen LogP contribution is -2.43. The van der Waals surface area contributed by atoms with Crippen molar-refractivity contribution in [2.45, 2.75) is 6.42 Å². The summed E-state index contributed by atoms with van der Waals surface area (Å²) in [5, 5.41) is 8.59. The van der Waals surface area contributed by atoms with Crippen LogP contribution in [0.25, 0.3) is 10.9 Å². The molecule has 0 bridgehead atoms. The fourth-order valence-electron chi connectivity index (χ4n) is 2.86. The second kappa shape index (κ2) is 8.29. The number of aromatic nitrogens is 1. The second-order valence-corrected chi connectivity index (χ2v) is 6.15. The number of fused-ring (bicyclic) bond motifs is 1. The molecule has 0 radical (unpaired) electrons. The third-order valence-electron chi connectivity index (χ3n) is 4.17. The number of hydrogen-bond acceptors (Lipinski definition) is 3. The van der Waals surface area contributed by atoms with E-state index in [1.807, 2.05) is 6.07 Å². The molecule has 0 atom stereocenters. The maximum absolute atomic E-state index is 5.34. The molecule has 0 unspecified atom stereocenters. The minimum Gasteiger partial charge on any atom is -0.379 e. The number of H-pyrrole nitrogens is 1. The molecular weight excluding hydrogens is 308 g/mol. The highest BCUT2D eigenvalue weighted by molar-refractivity contribution is 7.80. The van der Waals surface area contributed by atoms with Crippen LogP contribution in [0.15, 0.2) is 30.5 Å². The van der Waals surface area contributed by atoms with E-state index < -0.39 is 0 Å². The van der Waals surface area contributed by atoms with Crippen LogP contribution in [0, 0.1) is 0 Å². The number of ether oxygens (including phenoxy) is 1. The van der Waals surface area contributed by atoms with Gasteiger partial charge in [0.15, 0.2) is 5.11 Å². The molecule has 1 aromatic heterocycles. The first-order valence-corrected chi connectivity index (χ1v) is 8.60. The number of hydrogen-bond donors (Lipinski definition) is 3. The molecule has 1 fully saturated rings. The van der Waals surface area contributed by atoms with Gasteiger partial charge in [-0.2, -0.15) is 0 Å². The topological polar surface area (TPSA) is 52.3 Å². The van der Waals surface area contributed by atoms with Crippen molar-refractivity contribution in [3.63, 3.8) is 0 Å². The zero-order valence-corrected chi connectivity index (χ0v) is 14.1. The van der Waals surface area contributed by atoms with Gasteiger partial charge >= 0.3 is 0 Å². The van der Waals surface area contributed by atoms with E-state index in [4.69, 9.17) is 17.0 Å². The Kier molecular flexibility index (Phi) is 5.85. The maximum Gasteiger partial charge on any atom is 0.166 e. The predicted molar refractivity (Wildman–Crippen MR) is 97.9 cm³/mol. The number of benzene rings is 1. The molecule has 1 aliphatic rings. The van der Waals surface area contributed by atoms with Crippen molar-refractivity contribution < 1.29 is 4.74 Å². The fraction of sp³-hybridized carbons (Fsp3) is 0.471. The highest BCUT2D eigenvalue weighted by Crippen LogP contribution is 2.17. The number of para-hydroxylation sites is 1. The zero-order chi connectivity index (χ0) is 15.9. The first-order chi connectivity index (χ1) is 11.3. The number of morpholine rings is 1. The summed E-state index contributed by atoms with van der Waals surface area (Å²) in [4.78, 5) is 5.70. The molecule has 3 rings (SSSR count). The Bertz CT molecular complexity index is 636. The Balaban J connectivity index is 1.34. The van der Waals surface area contributed by atoms with Crippen molar-refractivity contribution in [1.29, 1.82) is 0 Å². The van der Waals surface area contributed by atoms with Gasteiger partial charge in [-0.25, -0.2) is 0 Å². The van der Waals surface area contributed by atoms with Gasteiger partial charge in [0, 0.05) is 49.8 Å². The summed E-state index contributed by atoms with van der Waals surface area (Å²) in [6.45, 7) is 6.43. The molecular formula is C17H24N4OS. The molecule has 0 amide bonds. The van der Waals surface area contributed by atoms with Gasteiger partial charge in [-0.3, -0.25) is 4.90 Å². The van der Waals surface area contributed by atoms with Gasteiger partial charge in [-0.05, 0) is 30.3 Å². The van der Waals surface area contributed by atoms with Crippen LogP contribution in [0.1, 0.15) is 5.56 Å². The monoisotopic (exact) mass is 332 g/mol. The Morgan fingerprint density at radius 2 is 1.96 bits per heavy atom. The third kappa shape index (κ3) is 4.67. The smallest absolute Gasteiger partial charge is 0.166 e. The summed E-state index contributed by atoms with van der Waals surface area (Å²) in [6.07, 6.45) is 3.04. The lowest BCUT2D eigenvalue weighted by atomic mass is 10.1. The van der Waals surface area contributed by atoms with Crippen LogP contribution >= 0.6 is 12.2 Å². The Morgan fingerprint density at radius 3 is 2.83 bits per heavy atom. The average molecular weight is 332 g/mol. The van der Waals surface area contributed by atoms with E-state index in [0.717, 1.165) is 57.5 Å². The van der Waals surface area contributed by atoms with Crippen LogP contribution in [0.4, 0.5) is 0 Å². The van der Waals surface area contributed by atoms with Crippen molar-refractivity contribution in [2.24, 2.45) is 0 Å². The number of thiocarbonyl (C=S) groups is 1. The van der Waals surface area contributed by atoms with E-state index in [2.05, 4.69) is 44.9 Å². The number of nitrogens with zero attached hydrogens (tertiary/aromatic N) is 1.